The Morgan fingerprint density at radius 2 is 1.89 bits per heavy atom. The Kier molecular flexibility index (Phi) is 7.49. The fourth-order valence-electron chi connectivity index (χ4n) is 4.11. The van der Waals surface area contributed by atoms with E-state index >= 15 is 0 Å². The van der Waals surface area contributed by atoms with Gasteiger partial charge in [0.05, 0.1) is 17.9 Å². The molecule has 13 heteroatoms. The molecule has 0 saturated heterocycles. The summed E-state index contributed by atoms with van der Waals surface area (Å²) in [6.07, 6.45) is -3.78. The van der Waals surface area contributed by atoms with Crippen LogP contribution in [-0.2, 0) is 34.0 Å². The van der Waals surface area contributed by atoms with Crippen molar-refractivity contribution in [2.24, 2.45) is 0 Å². The zero-order chi connectivity index (χ0) is 27.7. The molecule has 0 aliphatic carbocycles. The van der Waals surface area contributed by atoms with Gasteiger partial charge in [0.25, 0.3) is 0 Å². The van der Waals surface area contributed by atoms with Gasteiger partial charge in [-0.3, -0.25) is 9.10 Å². The van der Waals surface area contributed by atoms with Crippen LogP contribution in [-0.4, -0.2) is 36.6 Å². The van der Waals surface area contributed by atoms with Gasteiger partial charge in [-0.2, -0.15) is 18.2 Å². The van der Waals surface area contributed by atoms with E-state index in [0.717, 1.165) is 11.1 Å². The number of aromatic nitrogens is 2. The van der Waals surface area contributed by atoms with Crippen LogP contribution in [0.5, 0.6) is 0 Å². The van der Waals surface area contributed by atoms with Crippen LogP contribution >= 0.6 is 0 Å². The van der Waals surface area contributed by atoms with Crippen molar-refractivity contribution in [2.75, 3.05) is 32.6 Å². The van der Waals surface area contributed by atoms with Gasteiger partial charge in [0.2, 0.25) is 21.9 Å². The largest absolute Gasteiger partial charge is 0.421 e. The lowest BCUT2D eigenvalue weighted by molar-refractivity contribution is -0.137. The quantitative estimate of drug-likeness (QED) is 0.351. The molecule has 3 aromatic rings. The molecule has 38 heavy (non-hydrogen) atoms. The first-order valence-electron chi connectivity index (χ1n) is 11.9. The van der Waals surface area contributed by atoms with E-state index in [1.807, 2.05) is 6.92 Å². The Hall–Kier alpha value is -3.87. The van der Waals surface area contributed by atoms with E-state index in [1.165, 1.54) is 11.2 Å². The molecule has 0 atom stereocenters. The average Bonchev–Trinajstić information content (AvgIpc) is 3.22. The summed E-state index contributed by atoms with van der Waals surface area (Å²) in [4.78, 5) is 19.5. The van der Waals surface area contributed by atoms with Crippen LogP contribution < -0.4 is 20.3 Å². The first-order chi connectivity index (χ1) is 17.9. The lowest BCUT2D eigenvalue weighted by Crippen LogP contribution is -2.33. The first-order valence-corrected chi connectivity index (χ1v) is 13.5. The highest BCUT2D eigenvalue weighted by atomic mass is 32.2. The van der Waals surface area contributed by atoms with Crippen molar-refractivity contribution in [1.82, 2.24) is 9.97 Å². The van der Waals surface area contributed by atoms with Crippen molar-refractivity contribution < 1.29 is 26.4 Å². The summed E-state index contributed by atoms with van der Waals surface area (Å²) in [5.41, 5.74) is 2.54. The molecule has 4 rings (SSSR count). The Balaban J connectivity index is 1.64. The number of hydrogen-bond acceptors (Lipinski definition) is 7. The van der Waals surface area contributed by atoms with Crippen molar-refractivity contribution in [3.63, 3.8) is 0 Å². The number of carbonyl (C=O) groups is 1. The Morgan fingerprint density at radius 1 is 1.13 bits per heavy atom. The van der Waals surface area contributed by atoms with Gasteiger partial charge in [0.15, 0.2) is 0 Å². The highest BCUT2D eigenvalue weighted by Crippen LogP contribution is 2.35. The van der Waals surface area contributed by atoms with E-state index in [0.29, 0.717) is 28.8 Å². The second-order valence-corrected chi connectivity index (χ2v) is 10.9. The molecule has 9 nitrogen and oxygen atoms in total. The van der Waals surface area contributed by atoms with E-state index < -0.39 is 27.6 Å². The number of nitrogens with zero attached hydrogens (tertiary/aromatic N) is 3. The predicted molar refractivity (Wildman–Crippen MR) is 140 cm³/mol. The molecule has 0 fully saturated rings. The minimum atomic E-state index is -4.73. The number of aryl methyl sites for hydroxylation is 1. The fraction of sp³-hybridized carbons (Fsp3) is 0.320. The number of sulfonamides is 1. The van der Waals surface area contributed by atoms with Crippen LogP contribution in [0.15, 0.2) is 42.6 Å². The summed E-state index contributed by atoms with van der Waals surface area (Å²) >= 11 is 0. The van der Waals surface area contributed by atoms with E-state index in [4.69, 9.17) is 0 Å². The monoisotopic (exact) mass is 548 g/mol. The lowest BCUT2D eigenvalue weighted by atomic mass is 10.1. The Labute approximate surface area is 218 Å². The van der Waals surface area contributed by atoms with Gasteiger partial charge >= 0.3 is 6.18 Å². The van der Waals surface area contributed by atoms with Gasteiger partial charge in [0, 0.05) is 30.7 Å². The molecule has 1 aromatic heterocycles. The lowest BCUT2D eigenvalue weighted by Gasteiger charge is -2.25. The first kappa shape index (κ1) is 27.2. The van der Waals surface area contributed by atoms with Crippen molar-refractivity contribution in [1.29, 1.82) is 0 Å². The SMILES string of the molecule is CCN(c1cc(C)ccc1CNc1nc(Nc2ccc3c(c2)NC(=O)C3)ncc1C(F)(F)F)S(=O)(=O)CC. The molecule has 0 spiro atoms. The zero-order valence-electron chi connectivity index (χ0n) is 21.0. The highest BCUT2D eigenvalue weighted by molar-refractivity contribution is 7.92. The number of benzene rings is 2. The van der Waals surface area contributed by atoms with Crippen LogP contribution in [0.4, 0.5) is 42.0 Å². The van der Waals surface area contributed by atoms with Crippen LogP contribution in [0.3, 0.4) is 0 Å². The fourth-order valence-corrected chi connectivity index (χ4v) is 5.29. The van der Waals surface area contributed by atoms with Crippen molar-refractivity contribution >= 4 is 44.8 Å². The van der Waals surface area contributed by atoms with Crippen LogP contribution in [0.25, 0.3) is 0 Å². The molecular weight excluding hydrogens is 521 g/mol. The number of rotatable bonds is 9. The maximum atomic E-state index is 13.8. The van der Waals surface area contributed by atoms with E-state index in [1.54, 1.807) is 43.3 Å². The van der Waals surface area contributed by atoms with E-state index in [-0.39, 0.29) is 37.1 Å². The summed E-state index contributed by atoms with van der Waals surface area (Å²) in [6, 6.07) is 10.2. The van der Waals surface area contributed by atoms with Crippen LogP contribution in [0, 0.1) is 6.92 Å². The third kappa shape index (κ3) is 5.82. The van der Waals surface area contributed by atoms with Crippen molar-refractivity contribution in [3.05, 3.63) is 64.8 Å². The molecule has 1 aliphatic rings. The third-order valence-corrected chi connectivity index (χ3v) is 7.88. The smallest absolute Gasteiger partial charge is 0.365 e. The number of hydrogen-bond donors (Lipinski definition) is 3. The summed E-state index contributed by atoms with van der Waals surface area (Å²) in [7, 11) is -3.60. The molecular formula is C25H27F3N6O3S. The van der Waals surface area contributed by atoms with Crippen molar-refractivity contribution in [3.8, 4) is 0 Å². The third-order valence-electron chi connectivity index (χ3n) is 6.03. The molecule has 1 amide bonds. The Bertz CT molecular complexity index is 1480. The molecule has 0 saturated carbocycles. The average molecular weight is 549 g/mol. The number of anilines is 5. The van der Waals surface area contributed by atoms with Crippen LogP contribution in [0.2, 0.25) is 0 Å². The maximum Gasteiger partial charge on any atom is 0.421 e. The Morgan fingerprint density at radius 3 is 2.58 bits per heavy atom. The second-order valence-electron chi connectivity index (χ2n) is 8.73. The number of nitrogens with one attached hydrogen (secondary N) is 3. The molecule has 2 aromatic carbocycles. The standard InChI is InChI=1S/C25H27F3N6O3S/c1-4-34(38(36,37)5-2)21-10-15(3)6-7-17(21)13-29-23-19(25(26,27)28)14-30-24(33-23)31-18-9-8-16-11-22(35)32-20(16)12-18/h6-10,12,14H,4-5,11,13H2,1-3H3,(H,32,35)(H2,29,30,31,33). The second kappa shape index (κ2) is 10.5. The summed E-state index contributed by atoms with van der Waals surface area (Å²) < 4.78 is 67.9. The molecule has 0 unspecified atom stereocenters. The summed E-state index contributed by atoms with van der Waals surface area (Å²) in [6.45, 7) is 5.09. The number of fused-ring (bicyclic) bond motifs is 1. The van der Waals surface area contributed by atoms with E-state index in [9.17, 15) is 26.4 Å². The minimum Gasteiger partial charge on any atom is -0.365 e. The highest BCUT2D eigenvalue weighted by Gasteiger charge is 2.35. The molecule has 1 aliphatic heterocycles. The van der Waals surface area contributed by atoms with Gasteiger partial charge in [-0.05, 0) is 55.7 Å². The predicted octanol–water partition coefficient (Wildman–Crippen LogP) is 4.83. The maximum absolute atomic E-state index is 13.8. The van der Waals surface area contributed by atoms with Gasteiger partial charge in [-0.1, -0.05) is 18.2 Å². The number of halogens is 3. The number of amides is 1. The molecule has 3 N–H and O–H groups in total. The van der Waals surface area contributed by atoms with Gasteiger partial charge in [-0.25, -0.2) is 13.4 Å². The number of carbonyl (C=O) groups excluding carboxylic acids is 1. The molecule has 0 radical (unpaired) electrons. The molecule has 0 bridgehead atoms. The van der Waals surface area contributed by atoms with Gasteiger partial charge < -0.3 is 16.0 Å². The van der Waals surface area contributed by atoms with Gasteiger partial charge in [-0.15, -0.1) is 0 Å². The van der Waals surface area contributed by atoms with Gasteiger partial charge in [0.1, 0.15) is 11.4 Å². The normalized spacial score (nSPS) is 13.2. The summed E-state index contributed by atoms with van der Waals surface area (Å²) in [5.74, 6) is -0.805. The van der Waals surface area contributed by atoms with Crippen LogP contribution in [0.1, 0.15) is 36.1 Å². The van der Waals surface area contributed by atoms with E-state index in [2.05, 4.69) is 25.9 Å². The summed E-state index contributed by atoms with van der Waals surface area (Å²) in [5, 5.41) is 8.31. The topological polar surface area (TPSA) is 116 Å². The molecule has 2 heterocycles. The number of alkyl halides is 3. The van der Waals surface area contributed by atoms with Crippen molar-refractivity contribution in [2.45, 2.75) is 39.9 Å². The molecule has 202 valence electrons. The zero-order valence-corrected chi connectivity index (χ0v) is 21.8. The minimum absolute atomic E-state index is 0.0855.